The van der Waals surface area contributed by atoms with Gasteiger partial charge in [0.1, 0.15) is 6.54 Å². The fourth-order valence-corrected chi connectivity index (χ4v) is 2.85. The molecular formula is C17H23NO3. The number of ether oxygens (including phenoxy) is 1. The lowest BCUT2D eigenvalue weighted by molar-refractivity contribution is -0.144. The molecule has 1 amide bonds. The zero-order valence-corrected chi connectivity index (χ0v) is 12.6. The maximum atomic E-state index is 12.7. The molecule has 0 atom stereocenters. The van der Waals surface area contributed by atoms with Gasteiger partial charge in [0.05, 0.1) is 6.61 Å². The third kappa shape index (κ3) is 4.31. The molecule has 0 aromatic heterocycles. The molecule has 2 rings (SSSR count). The smallest absolute Gasteiger partial charge is 0.325 e. The van der Waals surface area contributed by atoms with Gasteiger partial charge in [0.2, 0.25) is 0 Å². The van der Waals surface area contributed by atoms with Crippen LogP contribution >= 0.6 is 0 Å². The van der Waals surface area contributed by atoms with E-state index in [0.717, 1.165) is 25.7 Å². The van der Waals surface area contributed by atoms with Crippen LogP contribution in [0.1, 0.15) is 49.4 Å². The summed E-state index contributed by atoms with van der Waals surface area (Å²) in [5.41, 5.74) is 0.632. The Morgan fingerprint density at radius 3 is 2.43 bits per heavy atom. The minimum absolute atomic E-state index is 0.0479. The number of carbonyl (C=O) groups excluding carboxylic acids is 2. The van der Waals surface area contributed by atoms with E-state index in [-0.39, 0.29) is 24.5 Å². The molecule has 0 radical (unpaired) electrons. The molecular weight excluding hydrogens is 266 g/mol. The lowest BCUT2D eigenvalue weighted by Gasteiger charge is -2.33. The van der Waals surface area contributed by atoms with Gasteiger partial charge in [-0.25, -0.2) is 0 Å². The van der Waals surface area contributed by atoms with Crippen LogP contribution in [-0.2, 0) is 9.53 Å². The van der Waals surface area contributed by atoms with Gasteiger partial charge >= 0.3 is 5.97 Å². The average molecular weight is 289 g/mol. The van der Waals surface area contributed by atoms with Crippen LogP contribution < -0.4 is 0 Å². The topological polar surface area (TPSA) is 46.6 Å². The van der Waals surface area contributed by atoms with Crippen molar-refractivity contribution in [1.82, 2.24) is 4.90 Å². The minimum atomic E-state index is -0.327. The number of rotatable bonds is 5. The summed E-state index contributed by atoms with van der Waals surface area (Å²) in [7, 11) is 0. The summed E-state index contributed by atoms with van der Waals surface area (Å²) in [4.78, 5) is 26.2. The second-order valence-corrected chi connectivity index (χ2v) is 5.40. The molecule has 21 heavy (non-hydrogen) atoms. The molecule has 0 bridgehead atoms. The van der Waals surface area contributed by atoms with Crippen molar-refractivity contribution in [2.45, 2.75) is 45.1 Å². The molecule has 0 saturated heterocycles. The highest BCUT2D eigenvalue weighted by Gasteiger charge is 2.28. The van der Waals surface area contributed by atoms with Crippen LogP contribution in [0.4, 0.5) is 0 Å². The number of benzene rings is 1. The monoisotopic (exact) mass is 289 g/mol. The molecule has 1 saturated carbocycles. The summed E-state index contributed by atoms with van der Waals surface area (Å²) in [6.07, 6.45) is 5.39. The number of esters is 1. The first-order valence-electron chi connectivity index (χ1n) is 7.74. The fraction of sp³-hybridized carbons (Fsp3) is 0.529. The number of amides is 1. The van der Waals surface area contributed by atoms with Crippen molar-refractivity contribution in [3.63, 3.8) is 0 Å². The molecule has 0 N–H and O–H groups in total. The molecule has 1 aromatic carbocycles. The van der Waals surface area contributed by atoms with Crippen LogP contribution in [-0.4, -0.2) is 36.0 Å². The Morgan fingerprint density at radius 1 is 1.14 bits per heavy atom. The lowest BCUT2D eigenvalue weighted by Crippen LogP contribution is -2.44. The van der Waals surface area contributed by atoms with E-state index in [0.29, 0.717) is 12.2 Å². The molecule has 0 aliphatic heterocycles. The van der Waals surface area contributed by atoms with E-state index in [4.69, 9.17) is 4.74 Å². The second-order valence-electron chi connectivity index (χ2n) is 5.40. The Bertz CT molecular complexity index is 466. The first-order chi connectivity index (χ1) is 10.2. The van der Waals surface area contributed by atoms with E-state index in [9.17, 15) is 9.59 Å². The van der Waals surface area contributed by atoms with Crippen molar-refractivity contribution in [3.8, 4) is 0 Å². The molecule has 0 unspecified atom stereocenters. The Kier molecular flexibility index (Phi) is 5.78. The molecule has 1 aliphatic rings. The Balaban J connectivity index is 2.14. The van der Waals surface area contributed by atoms with E-state index in [2.05, 4.69) is 0 Å². The van der Waals surface area contributed by atoms with Gasteiger partial charge < -0.3 is 9.64 Å². The average Bonchev–Trinajstić information content (AvgIpc) is 2.54. The first-order valence-corrected chi connectivity index (χ1v) is 7.74. The molecule has 0 heterocycles. The summed E-state index contributed by atoms with van der Waals surface area (Å²) >= 11 is 0. The summed E-state index contributed by atoms with van der Waals surface area (Å²) in [5, 5.41) is 0. The summed E-state index contributed by atoms with van der Waals surface area (Å²) in [5.74, 6) is -0.400. The van der Waals surface area contributed by atoms with Gasteiger partial charge in [-0.2, -0.15) is 0 Å². The van der Waals surface area contributed by atoms with Crippen molar-refractivity contribution in [2.75, 3.05) is 13.2 Å². The van der Waals surface area contributed by atoms with Crippen LogP contribution in [0.5, 0.6) is 0 Å². The van der Waals surface area contributed by atoms with Gasteiger partial charge in [-0.1, -0.05) is 37.5 Å². The SMILES string of the molecule is CCOC(=O)CN(C(=O)c1ccccc1)C1CCCCC1. The van der Waals surface area contributed by atoms with Gasteiger partial charge in [0.25, 0.3) is 5.91 Å². The van der Waals surface area contributed by atoms with Gasteiger partial charge in [0.15, 0.2) is 0 Å². The van der Waals surface area contributed by atoms with E-state index in [1.807, 2.05) is 18.2 Å². The standard InChI is InChI=1S/C17H23NO3/c1-2-21-16(19)13-18(15-11-7-4-8-12-15)17(20)14-9-5-3-6-10-14/h3,5-6,9-10,15H,2,4,7-8,11-13H2,1H3. The van der Waals surface area contributed by atoms with Crippen LogP contribution in [0.3, 0.4) is 0 Å². The summed E-state index contributed by atoms with van der Waals surface area (Å²) < 4.78 is 5.02. The number of carbonyl (C=O) groups is 2. The van der Waals surface area contributed by atoms with E-state index in [1.165, 1.54) is 6.42 Å². The predicted octanol–water partition coefficient (Wildman–Crippen LogP) is 3.02. The fourth-order valence-electron chi connectivity index (χ4n) is 2.85. The van der Waals surface area contributed by atoms with Crippen molar-refractivity contribution in [1.29, 1.82) is 0 Å². The maximum absolute atomic E-state index is 12.7. The quantitative estimate of drug-likeness (QED) is 0.783. The molecule has 1 aromatic rings. The minimum Gasteiger partial charge on any atom is -0.465 e. The summed E-state index contributed by atoms with van der Waals surface area (Å²) in [6.45, 7) is 2.17. The Hall–Kier alpha value is -1.84. The third-order valence-corrected chi connectivity index (χ3v) is 3.90. The summed E-state index contributed by atoms with van der Waals surface area (Å²) in [6, 6.07) is 9.31. The van der Waals surface area contributed by atoms with Crippen molar-refractivity contribution in [3.05, 3.63) is 35.9 Å². The molecule has 4 heteroatoms. The van der Waals surface area contributed by atoms with Crippen LogP contribution in [0, 0.1) is 0 Å². The maximum Gasteiger partial charge on any atom is 0.325 e. The van der Waals surface area contributed by atoms with E-state index >= 15 is 0 Å². The highest BCUT2D eigenvalue weighted by atomic mass is 16.5. The zero-order chi connectivity index (χ0) is 15.1. The van der Waals surface area contributed by atoms with Crippen molar-refractivity contribution < 1.29 is 14.3 Å². The van der Waals surface area contributed by atoms with Gasteiger partial charge in [-0.15, -0.1) is 0 Å². The van der Waals surface area contributed by atoms with Gasteiger partial charge in [0, 0.05) is 11.6 Å². The highest BCUT2D eigenvalue weighted by Crippen LogP contribution is 2.24. The highest BCUT2D eigenvalue weighted by molar-refractivity contribution is 5.96. The molecule has 4 nitrogen and oxygen atoms in total. The molecule has 0 spiro atoms. The molecule has 114 valence electrons. The van der Waals surface area contributed by atoms with Crippen LogP contribution in [0.2, 0.25) is 0 Å². The van der Waals surface area contributed by atoms with Crippen molar-refractivity contribution >= 4 is 11.9 Å². The second kappa shape index (κ2) is 7.81. The number of hydrogen-bond acceptors (Lipinski definition) is 3. The number of hydrogen-bond donors (Lipinski definition) is 0. The Labute approximate surface area is 126 Å². The van der Waals surface area contributed by atoms with Gasteiger partial charge in [-0.3, -0.25) is 9.59 Å². The Morgan fingerprint density at radius 2 is 1.81 bits per heavy atom. The predicted molar refractivity (Wildman–Crippen MR) is 81.0 cm³/mol. The molecule has 1 aliphatic carbocycles. The third-order valence-electron chi connectivity index (χ3n) is 3.90. The number of nitrogens with zero attached hydrogens (tertiary/aromatic N) is 1. The van der Waals surface area contributed by atoms with Crippen LogP contribution in [0.25, 0.3) is 0 Å². The van der Waals surface area contributed by atoms with E-state index in [1.54, 1.807) is 24.0 Å². The first kappa shape index (κ1) is 15.5. The zero-order valence-electron chi connectivity index (χ0n) is 12.6. The lowest BCUT2D eigenvalue weighted by atomic mass is 9.93. The van der Waals surface area contributed by atoms with Crippen LogP contribution in [0.15, 0.2) is 30.3 Å². The van der Waals surface area contributed by atoms with E-state index < -0.39 is 0 Å². The largest absolute Gasteiger partial charge is 0.465 e. The van der Waals surface area contributed by atoms with Crippen molar-refractivity contribution in [2.24, 2.45) is 0 Å². The molecule has 1 fully saturated rings. The normalized spacial score (nSPS) is 15.5. The van der Waals surface area contributed by atoms with Gasteiger partial charge in [-0.05, 0) is 31.9 Å².